The van der Waals surface area contributed by atoms with E-state index in [9.17, 15) is 8.42 Å². The molecule has 2 rings (SSSR count). The molecule has 1 heterocycles. The van der Waals surface area contributed by atoms with Crippen LogP contribution in [0.3, 0.4) is 0 Å². The Balaban J connectivity index is 2.27. The molecule has 2 N–H and O–H groups in total. The number of hydrogen-bond acceptors (Lipinski definition) is 3. The molecular formula is C11H21NO2S. The molecule has 1 aliphatic heterocycles. The molecular weight excluding hydrogens is 210 g/mol. The Kier molecular flexibility index (Phi) is 2.62. The third-order valence-electron chi connectivity index (χ3n) is 4.05. The van der Waals surface area contributed by atoms with Crippen LogP contribution in [0.1, 0.15) is 26.7 Å². The highest BCUT2D eigenvalue weighted by atomic mass is 32.2. The zero-order chi connectivity index (χ0) is 11.3. The van der Waals surface area contributed by atoms with Gasteiger partial charge < -0.3 is 5.73 Å². The molecule has 0 aromatic carbocycles. The Morgan fingerprint density at radius 1 is 1.20 bits per heavy atom. The molecule has 1 saturated heterocycles. The van der Waals surface area contributed by atoms with Gasteiger partial charge in [-0.25, -0.2) is 8.42 Å². The first kappa shape index (κ1) is 11.4. The Labute approximate surface area is 92.3 Å². The third kappa shape index (κ3) is 2.21. The molecule has 2 aliphatic rings. The van der Waals surface area contributed by atoms with Gasteiger partial charge >= 0.3 is 0 Å². The first-order valence-electron chi connectivity index (χ1n) is 5.73. The maximum atomic E-state index is 11.7. The zero-order valence-electron chi connectivity index (χ0n) is 9.57. The molecule has 0 aromatic rings. The lowest BCUT2D eigenvalue weighted by Crippen LogP contribution is -2.50. The predicted molar refractivity (Wildman–Crippen MR) is 61.2 cm³/mol. The fraction of sp³-hybridized carbons (Fsp3) is 1.00. The Bertz CT molecular complexity index is 324. The van der Waals surface area contributed by atoms with Crippen LogP contribution in [0.5, 0.6) is 0 Å². The van der Waals surface area contributed by atoms with E-state index in [1.54, 1.807) is 0 Å². The van der Waals surface area contributed by atoms with Gasteiger partial charge in [0.1, 0.15) is 0 Å². The lowest BCUT2D eigenvalue weighted by atomic mass is 9.63. The fourth-order valence-corrected chi connectivity index (χ4v) is 5.83. The minimum absolute atomic E-state index is 0.303. The molecule has 1 saturated carbocycles. The highest BCUT2D eigenvalue weighted by molar-refractivity contribution is 7.91. The average molecular weight is 231 g/mol. The van der Waals surface area contributed by atoms with Crippen LogP contribution in [0.2, 0.25) is 0 Å². The third-order valence-corrected chi connectivity index (χ3v) is 5.92. The van der Waals surface area contributed by atoms with Crippen molar-refractivity contribution in [2.75, 3.05) is 18.1 Å². The summed E-state index contributed by atoms with van der Waals surface area (Å²) >= 11 is 0. The van der Waals surface area contributed by atoms with Crippen LogP contribution in [-0.4, -0.2) is 26.5 Å². The molecule has 88 valence electrons. The van der Waals surface area contributed by atoms with Crippen LogP contribution in [0.4, 0.5) is 0 Å². The number of nitrogens with two attached hydrogens (primary N) is 1. The van der Waals surface area contributed by atoms with Crippen molar-refractivity contribution in [3.63, 3.8) is 0 Å². The smallest absolute Gasteiger partial charge is 0.150 e. The molecule has 0 radical (unpaired) electrons. The average Bonchev–Trinajstić information content (AvgIpc) is 1.97. The first-order valence-corrected chi connectivity index (χ1v) is 7.56. The summed E-state index contributed by atoms with van der Waals surface area (Å²) in [7, 11) is -2.79. The maximum absolute atomic E-state index is 11.7. The van der Waals surface area contributed by atoms with Crippen LogP contribution < -0.4 is 5.73 Å². The summed E-state index contributed by atoms with van der Waals surface area (Å²) in [6, 6.07) is 0. The van der Waals surface area contributed by atoms with Crippen molar-refractivity contribution in [1.82, 2.24) is 0 Å². The van der Waals surface area contributed by atoms with Crippen molar-refractivity contribution in [1.29, 1.82) is 0 Å². The molecule has 15 heavy (non-hydrogen) atoms. The summed E-state index contributed by atoms with van der Waals surface area (Å²) in [4.78, 5) is 0. The topological polar surface area (TPSA) is 60.2 Å². The lowest BCUT2D eigenvalue weighted by molar-refractivity contribution is 0.0746. The minimum Gasteiger partial charge on any atom is -0.330 e. The van der Waals surface area contributed by atoms with Gasteiger partial charge in [-0.05, 0) is 42.6 Å². The van der Waals surface area contributed by atoms with Gasteiger partial charge in [-0.2, -0.15) is 0 Å². The number of fused-ring (bicyclic) bond motifs is 2. The molecule has 2 fully saturated rings. The lowest BCUT2D eigenvalue weighted by Gasteiger charge is -2.48. The molecule has 1 aliphatic carbocycles. The van der Waals surface area contributed by atoms with Crippen LogP contribution in [0.15, 0.2) is 0 Å². The van der Waals surface area contributed by atoms with E-state index in [2.05, 4.69) is 13.8 Å². The normalized spacial score (nSPS) is 42.5. The van der Waals surface area contributed by atoms with Gasteiger partial charge in [-0.15, -0.1) is 0 Å². The second-order valence-corrected chi connectivity index (χ2v) is 8.22. The van der Waals surface area contributed by atoms with Crippen molar-refractivity contribution in [2.24, 2.45) is 28.9 Å². The Morgan fingerprint density at radius 2 is 1.67 bits per heavy atom. The monoisotopic (exact) mass is 231 g/mol. The molecule has 2 unspecified atom stereocenters. The molecule has 0 aromatic heterocycles. The van der Waals surface area contributed by atoms with E-state index in [0.717, 1.165) is 12.8 Å². The SMILES string of the molecule is CC1(C)CC2CS(=O)(=O)CC(C1)C2CN. The van der Waals surface area contributed by atoms with E-state index in [0.29, 0.717) is 41.2 Å². The Morgan fingerprint density at radius 3 is 2.07 bits per heavy atom. The maximum Gasteiger partial charge on any atom is 0.150 e. The van der Waals surface area contributed by atoms with Gasteiger partial charge in [-0.1, -0.05) is 13.8 Å². The number of hydrogen-bond donors (Lipinski definition) is 1. The van der Waals surface area contributed by atoms with Gasteiger partial charge in [0.25, 0.3) is 0 Å². The minimum atomic E-state index is -2.79. The van der Waals surface area contributed by atoms with Gasteiger partial charge in [-0.3, -0.25) is 0 Å². The fourth-order valence-electron chi connectivity index (χ4n) is 3.66. The number of sulfone groups is 1. The van der Waals surface area contributed by atoms with Crippen LogP contribution in [0, 0.1) is 23.2 Å². The molecule has 0 amide bonds. The van der Waals surface area contributed by atoms with Crippen molar-refractivity contribution >= 4 is 9.84 Å². The summed E-state index contributed by atoms with van der Waals surface area (Å²) in [6.07, 6.45) is 2.04. The molecule has 3 nitrogen and oxygen atoms in total. The van der Waals surface area contributed by atoms with E-state index in [1.807, 2.05) is 0 Å². The first-order chi connectivity index (χ1) is 6.83. The highest BCUT2D eigenvalue weighted by Crippen LogP contribution is 2.48. The van der Waals surface area contributed by atoms with Crippen molar-refractivity contribution in [2.45, 2.75) is 26.7 Å². The van der Waals surface area contributed by atoms with E-state index in [1.165, 1.54) is 0 Å². The van der Waals surface area contributed by atoms with Crippen LogP contribution >= 0.6 is 0 Å². The Hall–Kier alpha value is -0.0900. The van der Waals surface area contributed by atoms with Gasteiger partial charge in [0, 0.05) is 0 Å². The summed E-state index contributed by atoms with van der Waals surface area (Å²) in [5.74, 6) is 1.80. The quantitative estimate of drug-likeness (QED) is 0.733. The predicted octanol–water partition coefficient (Wildman–Crippen LogP) is 1.04. The second kappa shape index (κ2) is 3.45. The van der Waals surface area contributed by atoms with Crippen LogP contribution in [-0.2, 0) is 9.84 Å². The molecule has 2 atom stereocenters. The van der Waals surface area contributed by atoms with E-state index in [4.69, 9.17) is 5.73 Å². The van der Waals surface area contributed by atoms with Gasteiger partial charge in [0.05, 0.1) is 11.5 Å². The zero-order valence-corrected chi connectivity index (χ0v) is 10.4. The molecule has 0 spiro atoms. The van der Waals surface area contributed by atoms with Gasteiger partial charge in [0.15, 0.2) is 9.84 Å². The number of rotatable bonds is 1. The summed E-state index contributed by atoms with van der Waals surface area (Å²) < 4.78 is 23.4. The highest BCUT2D eigenvalue weighted by Gasteiger charge is 2.47. The van der Waals surface area contributed by atoms with Crippen molar-refractivity contribution in [3.05, 3.63) is 0 Å². The van der Waals surface area contributed by atoms with Gasteiger partial charge in [0.2, 0.25) is 0 Å². The van der Waals surface area contributed by atoms with E-state index in [-0.39, 0.29) is 0 Å². The van der Waals surface area contributed by atoms with Crippen molar-refractivity contribution < 1.29 is 8.42 Å². The van der Waals surface area contributed by atoms with Crippen molar-refractivity contribution in [3.8, 4) is 0 Å². The van der Waals surface area contributed by atoms with E-state index < -0.39 is 9.84 Å². The standard InChI is InChI=1S/C11H21NO2S/c1-11(2)3-8-6-15(13,14)7-9(4-11)10(8)5-12/h8-10H,3-7,12H2,1-2H3. The second-order valence-electron chi connectivity index (χ2n) is 6.07. The summed E-state index contributed by atoms with van der Waals surface area (Å²) in [5, 5.41) is 0. The van der Waals surface area contributed by atoms with Crippen LogP contribution in [0.25, 0.3) is 0 Å². The largest absolute Gasteiger partial charge is 0.330 e. The summed E-state index contributed by atoms with van der Waals surface area (Å²) in [5.41, 5.74) is 6.08. The summed E-state index contributed by atoms with van der Waals surface area (Å²) in [6.45, 7) is 5.15. The molecule has 4 heteroatoms. The van der Waals surface area contributed by atoms with E-state index >= 15 is 0 Å². The molecule has 2 bridgehead atoms.